The van der Waals surface area contributed by atoms with Gasteiger partial charge >= 0.3 is 5.97 Å². The maximum Gasteiger partial charge on any atom is 0.326 e. The van der Waals surface area contributed by atoms with E-state index in [2.05, 4.69) is 10.6 Å². The van der Waals surface area contributed by atoms with Crippen LogP contribution in [-0.4, -0.2) is 48.8 Å². The Morgan fingerprint density at radius 1 is 1.50 bits per heavy atom. The van der Waals surface area contributed by atoms with Gasteiger partial charge in [0.1, 0.15) is 6.04 Å². The SMILES string of the molecule is CCCC1(C(=O)NC(CCCOC)C(=O)O)CCCN1. The molecule has 0 aromatic carbocycles. The molecule has 0 aliphatic carbocycles. The Labute approximate surface area is 120 Å². The number of rotatable bonds is 9. The average Bonchev–Trinajstić information content (AvgIpc) is 2.87. The first-order valence-electron chi connectivity index (χ1n) is 7.33. The van der Waals surface area contributed by atoms with Crippen LogP contribution < -0.4 is 10.6 Å². The van der Waals surface area contributed by atoms with Gasteiger partial charge in [0.25, 0.3) is 0 Å². The third kappa shape index (κ3) is 4.45. The van der Waals surface area contributed by atoms with E-state index < -0.39 is 17.6 Å². The Morgan fingerprint density at radius 3 is 2.75 bits per heavy atom. The normalized spacial score (nSPS) is 23.5. The maximum absolute atomic E-state index is 12.4. The van der Waals surface area contributed by atoms with Crippen LogP contribution in [0.4, 0.5) is 0 Å². The third-order valence-corrected chi connectivity index (χ3v) is 3.80. The van der Waals surface area contributed by atoms with Gasteiger partial charge in [-0.2, -0.15) is 0 Å². The van der Waals surface area contributed by atoms with E-state index in [0.717, 1.165) is 32.2 Å². The van der Waals surface area contributed by atoms with Gasteiger partial charge in [0.2, 0.25) is 5.91 Å². The highest BCUT2D eigenvalue weighted by Gasteiger charge is 2.41. The number of methoxy groups -OCH3 is 1. The van der Waals surface area contributed by atoms with Gasteiger partial charge in [0.05, 0.1) is 5.54 Å². The number of carboxylic acids is 1. The average molecular weight is 286 g/mol. The van der Waals surface area contributed by atoms with Crippen molar-refractivity contribution in [2.45, 2.75) is 57.0 Å². The van der Waals surface area contributed by atoms with E-state index in [0.29, 0.717) is 19.4 Å². The summed E-state index contributed by atoms with van der Waals surface area (Å²) in [6.45, 7) is 3.34. The van der Waals surface area contributed by atoms with E-state index in [1.807, 2.05) is 6.92 Å². The highest BCUT2D eigenvalue weighted by Crippen LogP contribution is 2.25. The van der Waals surface area contributed by atoms with Crippen LogP contribution in [-0.2, 0) is 14.3 Å². The number of carbonyl (C=O) groups is 2. The minimum absolute atomic E-state index is 0.179. The highest BCUT2D eigenvalue weighted by molar-refractivity contribution is 5.90. The lowest BCUT2D eigenvalue weighted by atomic mass is 9.90. The summed E-state index contributed by atoms with van der Waals surface area (Å²) < 4.78 is 4.92. The molecule has 6 nitrogen and oxygen atoms in total. The van der Waals surface area contributed by atoms with Crippen LogP contribution in [0, 0.1) is 0 Å². The second-order valence-electron chi connectivity index (χ2n) is 5.36. The summed E-state index contributed by atoms with van der Waals surface area (Å²) in [5.74, 6) is -1.17. The van der Waals surface area contributed by atoms with E-state index in [4.69, 9.17) is 4.74 Å². The van der Waals surface area contributed by atoms with Crippen molar-refractivity contribution in [3.63, 3.8) is 0 Å². The maximum atomic E-state index is 12.4. The van der Waals surface area contributed by atoms with E-state index in [1.165, 1.54) is 0 Å². The summed E-state index contributed by atoms with van der Waals surface area (Å²) in [4.78, 5) is 23.7. The van der Waals surface area contributed by atoms with Crippen LogP contribution in [0.2, 0.25) is 0 Å². The first kappa shape index (κ1) is 16.9. The molecule has 1 aliphatic rings. The van der Waals surface area contributed by atoms with Crippen molar-refractivity contribution in [3.05, 3.63) is 0 Å². The molecule has 0 radical (unpaired) electrons. The van der Waals surface area contributed by atoms with Crippen LogP contribution in [0.5, 0.6) is 0 Å². The van der Waals surface area contributed by atoms with Gasteiger partial charge in [-0.3, -0.25) is 4.79 Å². The van der Waals surface area contributed by atoms with Crippen LogP contribution >= 0.6 is 0 Å². The zero-order valence-corrected chi connectivity index (χ0v) is 12.4. The van der Waals surface area contributed by atoms with E-state index in [-0.39, 0.29) is 5.91 Å². The Morgan fingerprint density at radius 2 is 2.25 bits per heavy atom. The predicted octanol–water partition coefficient (Wildman–Crippen LogP) is 0.905. The first-order chi connectivity index (χ1) is 9.55. The summed E-state index contributed by atoms with van der Waals surface area (Å²) in [6.07, 6.45) is 4.36. The first-order valence-corrected chi connectivity index (χ1v) is 7.33. The smallest absolute Gasteiger partial charge is 0.326 e. The van der Waals surface area contributed by atoms with Crippen LogP contribution in [0.3, 0.4) is 0 Å². The molecule has 1 amide bonds. The van der Waals surface area contributed by atoms with E-state index >= 15 is 0 Å². The largest absolute Gasteiger partial charge is 0.480 e. The summed E-state index contributed by atoms with van der Waals surface area (Å²) >= 11 is 0. The van der Waals surface area contributed by atoms with Crippen molar-refractivity contribution in [1.82, 2.24) is 10.6 Å². The molecule has 0 bridgehead atoms. The molecule has 0 saturated carbocycles. The standard InChI is InChI=1S/C14H26N2O4/c1-3-7-14(8-5-9-15-14)13(19)16-11(12(17)18)6-4-10-20-2/h11,15H,3-10H2,1-2H3,(H,16,19)(H,17,18). The molecule has 6 heteroatoms. The molecule has 1 fully saturated rings. The molecule has 2 atom stereocenters. The molecular formula is C14H26N2O4. The Bertz CT molecular complexity index is 327. The zero-order chi connectivity index (χ0) is 15.0. The third-order valence-electron chi connectivity index (χ3n) is 3.80. The number of amides is 1. The number of carbonyl (C=O) groups excluding carboxylic acids is 1. The van der Waals surface area contributed by atoms with Gasteiger partial charge in [0.15, 0.2) is 0 Å². The van der Waals surface area contributed by atoms with E-state index in [9.17, 15) is 14.7 Å². The van der Waals surface area contributed by atoms with Crippen molar-refractivity contribution in [2.24, 2.45) is 0 Å². The molecule has 0 aromatic heterocycles. The summed E-state index contributed by atoms with van der Waals surface area (Å²) in [6, 6.07) is -0.839. The van der Waals surface area contributed by atoms with Crippen molar-refractivity contribution >= 4 is 11.9 Å². The van der Waals surface area contributed by atoms with E-state index in [1.54, 1.807) is 7.11 Å². The van der Waals surface area contributed by atoms with Crippen molar-refractivity contribution in [2.75, 3.05) is 20.3 Å². The lowest BCUT2D eigenvalue weighted by Gasteiger charge is -2.29. The summed E-state index contributed by atoms with van der Waals surface area (Å²) in [7, 11) is 1.58. The Hall–Kier alpha value is -1.14. The van der Waals surface area contributed by atoms with Crippen LogP contribution in [0.25, 0.3) is 0 Å². The van der Waals surface area contributed by atoms with Crippen LogP contribution in [0.1, 0.15) is 45.4 Å². The molecule has 2 unspecified atom stereocenters. The predicted molar refractivity (Wildman–Crippen MR) is 75.6 cm³/mol. The lowest BCUT2D eigenvalue weighted by Crippen LogP contribution is -2.57. The van der Waals surface area contributed by atoms with Crippen molar-refractivity contribution in [1.29, 1.82) is 0 Å². The molecular weight excluding hydrogens is 260 g/mol. The number of hydrogen-bond acceptors (Lipinski definition) is 4. The highest BCUT2D eigenvalue weighted by atomic mass is 16.5. The number of ether oxygens (including phenoxy) is 1. The van der Waals surface area contributed by atoms with Gasteiger partial charge in [-0.25, -0.2) is 4.79 Å². The van der Waals surface area contributed by atoms with Gasteiger partial charge in [-0.05, 0) is 38.6 Å². The fourth-order valence-corrected chi connectivity index (χ4v) is 2.74. The number of carboxylic acid groups (broad SMARTS) is 1. The minimum atomic E-state index is -0.987. The lowest BCUT2D eigenvalue weighted by molar-refractivity contribution is -0.143. The second kappa shape index (κ2) is 8.21. The Balaban J connectivity index is 2.61. The molecule has 116 valence electrons. The Kier molecular flexibility index (Phi) is 6.95. The molecule has 0 aromatic rings. The van der Waals surface area contributed by atoms with Gasteiger partial charge in [-0.15, -0.1) is 0 Å². The number of aliphatic carboxylic acids is 1. The summed E-state index contributed by atoms with van der Waals surface area (Å²) in [5.41, 5.74) is -0.580. The van der Waals surface area contributed by atoms with Crippen molar-refractivity contribution < 1.29 is 19.4 Å². The van der Waals surface area contributed by atoms with Gasteiger partial charge < -0.3 is 20.5 Å². The molecule has 3 N–H and O–H groups in total. The molecule has 1 saturated heterocycles. The minimum Gasteiger partial charge on any atom is -0.480 e. The summed E-state index contributed by atoms with van der Waals surface area (Å²) in [5, 5.41) is 15.1. The quantitative estimate of drug-likeness (QED) is 0.548. The fourth-order valence-electron chi connectivity index (χ4n) is 2.74. The molecule has 1 heterocycles. The molecule has 20 heavy (non-hydrogen) atoms. The second-order valence-corrected chi connectivity index (χ2v) is 5.36. The number of nitrogens with one attached hydrogen (secondary N) is 2. The number of hydrogen-bond donors (Lipinski definition) is 3. The topological polar surface area (TPSA) is 87.7 Å². The fraction of sp³-hybridized carbons (Fsp3) is 0.857. The van der Waals surface area contributed by atoms with Crippen molar-refractivity contribution in [3.8, 4) is 0 Å². The van der Waals surface area contributed by atoms with Gasteiger partial charge in [0, 0.05) is 13.7 Å². The van der Waals surface area contributed by atoms with Gasteiger partial charge in [-0.1, -0.05) is 13.3 Å². The monoisotopic (exact) mass is 286 g/mol. The molecule has 1 aliphatic heterocycles. The van der Waals surface area contributed by atoms with Crippen LogP contribution in [0.15, 0.2) is 0 Å². The zero-order valence-electron chi connectivity index (χ0n) is 12.4. The molecule has 0 spiro atoms. The molecule has 1 rings (SSSR count).